The van der Waals surface area contributed by atoms with E-state index in [1.165, 1.54) is 6.07 Å². The van der Waals surface area contributed by atoms with Crippen molar-refractivity contribution < 1.29 is 9.59 Å². The molecule has 64 valence electrons. The van der Waals surface area contributed by atoms with Crippen molar-refractivity contribution in [1.29, 1.82) is 0 Å². The first-order valence-electron chi connectivity index (χ1n) is 3.31. The van der Waals surface area contributed by atoms with Crippen molar-refractivity contribution in [1.82, 2.24) is 4.98 Å². The minimum atomic E-state index is -0.606. The maximum absolute atomic E-state index is 10.7. The Bertz CT molecular complexity index is 340. The fourth-order valence-electron chi connectivity index (χ4n) is 0.947. The minimum absolute atomic E-state index is 0.196. The number of carbonyl (C=O) groups excluding carboxylic acids is 2. The molecule has 0 aromatic carbocycles. The molecule has 0 radical (unpaired) electrons. The zero-order valence-corrected chi connectivity index (χ0v) is 6.55. The van der Waals surface area contributed by atoms with E-state index < -0.39 is 11.8 Å². The Morgan fingerprint density at radius 1 is 1.33 bits per heavy atom. The van der Waals surface area contributed by atoms with Crippen LogP contribution in [0.2, 0.25) is 0 Å². The van der Waals surface area contributed by atoms with Gasteiger partial charge in [-0.15, -0.1) is 0 Å². The molecule has 5 nitrogen and oxygen atoms in total. The molecule has 0 saturated heterocycles. The van der Waals surface area contributed by atoms with Gasteiger partial charge in [0.2, 0.25) is 0 Å². The smallest absolute Gasteiger partial charge is 0.265 e. The molecule has 0 bridgehead atoms. The van der Waals surface area contributed by atoms with Crippen molar-refractivity contribution in [2.24, 2.45) is 11.5 Å². The number of nitrogens with one attached hydrogen (secondary N) is 1. The topological polar surface area (TPSA) is 102 Å². The number of hydrogen-bond acceptors (Lipinski definition) is 2. The highest BCUT2D eigenvalue weighted by Crippen LogP contribution is 2.07. The van der Waals surface area contributed by atoms with E-state index in [2.05, 4.69) is 4.98 Å². The van der Waals surface area contributed by atoms with E-state index in [0.717, 1.165) is 0 Å². The summed E-state index contributed by atoms with van der Waals surface area (Å²) in [4.78, 5) is 23.9. The third-order valence-electron chi connectivity index (χ3n) is 1.53. The van der Waals surface area contributed by atoms with Gasteiger partial charge in [-0.3, -0.25) is 9.59 Å². The lowest BCUT2D eigenvalue weighted by molar-refractivity contribution is 0.0995. The number of carbonyl (C=O) groups is 2. The van der Waals surface area contributed by atoms with Gasteiger partial charge in [0, 0.05) is 0 Å². The maximum atomic E-state index is 10.7. The van der Waals surface area contributed by atoms with Crippen molar-refractivity contribution in [3.8, 4) is 0 Å². The summed E-state index contributed by atoms with van der Waals surface area (Å²) >= 11 is 0. The predicted octanol–water partition coefficient (Wildman–Crippen LogP) is -0.479. The number of amides is 2. The number of aryl methyl sites for hydroxylation is 1. The number of H-pyrrole nitrogens is 1. The minimum Gasteiger partial charge on any atom is -0.364 e. The van der Waals surface area contributed by atoms with Crippen LogP contribution in [-0.2, 0) is 0 Å². The fourth-order valence-corrected chi connectivity index (χ4v) is 0.947. The molecular formula is C7H9N3O2. The van der Waals surface area contributed by atoms with E-state index >= 15 is 0 Å². The van der Waals surface area contributed by atoms with Crippen molar-refractivity contribution >= 4 is 11.8 Å². The second kappa shape index (κ2) is 2.69. The third-order valence-corrected chi connectivity index (χ3v) is 1.53. The van der Waals surface area contributed by atoms with E-state index in [4.69, 9.17) is 11.5 Å². The van der Waals surface area contributed by atoms with Crippen LogP contribution in [0.5, 0.6) is 0 Å². The summed E-state index contributed by atoms with van der Waals surface area (Å²) < 4.78 is 0. The Kier molecular flexibility index (Phi) is 1.86. The molecule has 0 unspecified atom stereocenters. The molecule has 0 atom stereocenters. The Morgan fingerprint density at radius 3 is 2.17 bits per heavy atom. The molecule has 5 N–H and O–H groups in total. The average molecular weight is 167 g/mol. The fraction of sp³-hybridized carbons (Fsp3) is 0.143. The molecule has 12 heavy (non-hydrogen) atoms. The Labute approximate surface area is 68.7 Å². The summed E-state index contributed by atoms with van der Waals surface area (Å²) in [5.74, 6) is -1.20. The van der Waals surface area contributed by atoms with E-state index in [1.54, 1.807) is 6.92 Å². The summed E-state index contributed by atoms with van der Waals surface area (Å²) in [7, 11) is 0. The maximum Gasteiger partial charge on any atom is 0.265 e. The lowest BCUT2D eigenvalue weighted by atomic mass is 10.2. The summed E-state index contributed by atoms with van der Waals surface area (Å²) in [5.41, 5.74) is 11.0. The molecule has 1 rings (SSSR count). The molecular weight excluding hydrogens is 158 g/mol. The summed E-state index contributed by atoms with van der Waals surface area (Å²) in [6.07, 6.45) is 0. The number of hydrogen-bond donors (Lipinski definition) is 3. The molecule has 0 fully saturated rings. The highest BCUT2D eigenvalue weighted by atomic mass is 16.1. The molecule has 5 heteroatoms. The predicted molar refractivity (Wildman–Crippen MR) is 42.6 cm³/mol. The van der Waals surface area contributed by atoms with Crippen molar-refractivity contribution in [3.63, 3.8) is 0 Å². The Balaban J connectivity index is 3.17. The summed E-state index contributed by atoms with van der Waals surface area (Å²) in [6, 6.07) is 1.49. The van der Waals surface area contributed by atoms with Crippen LogP contribution in [-0.4, -0.2) is 16.8 Å². The first kappa shape index (κ1) is 8.32. The van der Waals surface area contributed by atoms with Crippen LogP contribution in [0.4, 0.5) is 0 Å². The van der Waals surface area contributed by atoms with Gasteiger partial charge in [-0.2, -0.15) is 0 Å². The number of rotatable bonds is 2. The molecule has 0 spiro atoms. The molecule has 1 aromatic rings. The van der Waals surface area contributed by atoms with Crippen LogP contribution in [0, 0.1) is 6.92 Å². The van der Waals surface area contributed by atoms with Gasteiger partial charge in [0.25, 0.3) is 11.8 Å². The Morgan fingerprint density at radius 2 is 1.92 bits per heavy atom. The first-order chi connectivity index (χ1) is 5.52. The molecule has 0 aliphatic heterocycles. The van der Waals surface area contributed by atoms with Crippen LogP contribution in [0.25, 0.3) is 0 Å². The van der Waals surface area contributed by atoms with Crippen molar-refractivity contribution in [3.05, 3.63) is 23.0 Å². The van der Waals surface area contributed by atoms with Crippen LogP contribution >= 0.6 is 0 Å². The van der Waals surface area contributed by atoms with Crippen LogP contribution in [0.15, 0.2) is 6.07 Å². The number of aromatic amines is 1. The van der Waals surface area contributed by atoms with Gasteiger partial charge in [-0.1, -0.05) is 0 Å². The van der Waals surface area contributed by atoms with E-state index in [-0.39, 0.29) is 11.4 Å². The number of aromatic nitrogens is 1. The molecule has 0 aliphatic carbocycles. The molecule has 0 saturated carbocycles. The second-order valence-corrected chi connectivity index (χ2v) is 2.47. The lowest BCUT2D eigenvalue weighted by Gasteiger charge is -1.90. The normalized spacial score (nSPS) is 9.75. The van der Waals surface area contributed by atoms with Gasteiger partial charge < -0.3 is 16.5 Å². The van der Waals surface area contributed by atoms with E-state index in [0.29, 0.717) is 5.56 Å². The SMILES string of the molecule is Cc1cc(C(N)=O)[nH]c1C(N)=O. The third kappa shape index (κ3) is 1.29. The van der Waals surface area contributed by atoms with E-state index in [9.17, 15) is 9.59 Å². The quantitative estimate of drug-likeness (QED) is 0.554. The monoisotopic (exact) mass is 167 g/mol. The average Bonchev–Trinajstić information content (AvgIpc) is 2.30. The summed E-state index contributed by atoms with van der Waals surface area (Å²) in [5, 5.41) is 0. The van der Waals surface area contributed by atoms with Crippen LogP contribution in [0.1, 0.15) is 26.5 Å². The largest absolute Gasteiger partial charge is 0.364 e. The Hall–Kier alpha value is -1.78. The number of primary amides is 2. The van der Waals surface area contributed by atoms with Crippen LogP contribution in [0.3, 0.4) is 0 Å². The molecule has 0 aliphatic rings. The van der Waals surface area contributed by atoms with Gasteiger partial charge in [-0.25, -0.2) is 0 Å². The molecule has 1 aromatic heterocycles. The molecule has 1 heterocycles. The van der Waals surface area contributed by atoms with Crippen molar-refractivity contribution in [2.75, 3.05) is 0 Å². The van der Waals surface area contributed by atoms with Gasteiger partial charge in [-0.05, 0) is 18.6 Å². The summed E-state index contributed by atoms with van der Waals surface area (Å²) in [6.45, 7) is 1.67. The lowest BCUT2D eigenvalue weighted by Crippen LogP contribution is -2.15. The first-order valence-corrected chi connectivity index (χ1v) is 3.31. The van der Waals surface area contributed by atoms with Gasteiger partial charge in [0.1, 0.15) is 11.4 Å². The van der Waals surface area contributed by atoms with E-state index in [1.807, 2.05) is 0 Å². The standard InChI is InChI=1S/C7H9N3O2/c1-3-2-4(6(8)11)10-5(3)7(9)12/h2,10H,1H3,(H2,8,11)(H2,9,12). The second-order valence-electron chi connectivity index (χ2n) is 2.47. The van der Waals surface area contributed by atoms with Gasteiger partial charge >= 0.3 is 0 Å². The highest BCUT2D eigenvalue weighted by molar-refractivity contribution is 5.97. The van der Waals surface area contributed by atoms with Gasteiger partial charge in [0.15, 0.2) is 0 Å². The van der Waals surface area contributed by atoms with Crippen LogP contribution < -0.4 is 11.5 Å². The highest BCUT2D eigenvalue weighted by Gasteiger charge is 2.11. The molecule has 2 amide bonds. The zero-order valence-electron chi connectivity index (χ0n) is 6.55. The van der Waals surface area contributed by atoms with Crippen molar-refractivity contribution in [2.45, 2.75) is 6.92 Å². The van der Waals surface area contributed by atoms with Gasteiger partial charge in [0.05, 0.1) is 0 Å². The number of nitrogens with two attached hydrogens (primary N) is 2. The zero-order chi connectivity index (χ0) is 9.30.